The van der Waals surface area contributed by atoms with Crippen LogP contribution in [0.3, 0.4) is 0 Å². The molecule has 9 heteroatoms. The molecule has 0 aliphatic carbocycles. The molecule has 0 saturated carbocycles. The molecule has 1 aromatic heterocycles. The number of nitrogens with zero attached hydrogens (tertiary/aromatic N) is 1. The zero-order valence-corrected chi connectivity index (χ0v) is 17.1. The minimum absolute atomic E-state index is 0.274. The number of ether oxygens (including phenoxy) is 1. The van der Waals surface area contributed by atoms with Gasteiger partial charge in [0.1, 0.15) is 17.3 Å². The van der Waals surface area contributed by atoms with E-state index in [2.05, 4.69) is 10.5 Å². The van der Waals surface area contributed by atoms with Crippen LogP contribution in [0.4, 0.5) is 0 Å². The molecule has 1 N–H and O–H groups in total. The third-order valence-electron chi connectivity index (χ3n) is 3.46. The lowest BCUT2D eigenvalue weighted by atomic mass is 10.2. The minimum Gasteiger partial charge on any atom is -0.482 e. The van der Waals surface area contributed by atoms with Gasteiger partial charge in [0.2, 0.25) is 0 Å². The summed E-state index contributed by atoms with van der Waals surface area (Å²) in [6, 6.07) is 13.4. The summed E-state index contributed by atoms with van der Waals surface area (Å²) < 4.78 is 11.0. The maximum atomic E-state index is 11.8. The molecule has 0 bridgehead atoms. The molecule has 28 heavy (non-hydrogen) atoms. The Morgan fingerprint density at radius 1 is 1.00 bits per heavy atom. The summed E-state index contributed by atoms with van der Waals surface area (Å²) in [5, 5.41) is 5.52. The fourth-order valence-corrected chi connectivity index (χ4v) is 2.79. The van der Waals surface area contributed by atoms with Crippen LogP contribution in [-0.2, 0) is 4.79 Å². The highest BCUT2D eigenvalue weighted by atomic mass is 35.5. The molecule has 0 aliphatic rings. The van der Waals surface area contributed by atoms with Gasteiger partial charge in [-0.05, 0) is 42.5 Å². The number of benzene rings is 2. The summed E-state index contributed by atoms with van der Waals surface area (Å²) in [4.78, 5) is 11.8. The van der Waals surface area contributed by atoms with Crippen LogP contribution in [0.5, 0.6) is 5.75 Å². The van der Waals surface area contributed by atoms with E-state index in [0.717, 1.165) is 5.56 Å². The summed E-state index contributed by atoms with van der Waals surface area (Å²) in [6.07, 6.45) is 1.37. The third-order valence-corrected chi connectivity index (χ3v) is 4.75. The number of halogens is 4. The molecule has 0 spiro atoms. The number of carbonyl (C=O) groups is 1. The fourth-order valence-electron chi connectivity index (χ4n) is 2.16. The van der Waals surface area contributed by atoms with E-state index >= 15 is 0 Å². The highest BCUT2D eigenvalue weighted by Gasteiger charge is 2.08. The number of hydrogen-bond donors (Lipinski definition) is 1. The summed E-state index contributed by atoms with van der Waals surface area (Å²) >= 11 is 23.7. The van der Waals surface area contributed by atoms with Crippen LogP contribution in [0.25, 0.3) is 11.3 Å². The van der Waals surface area contributed by atoms with Gasteiger partial charge >= 0.3 is 0 Å². The SMILES string of the molecule is O=C(COc1cc(Cl)ccc1Cl)NN=Cc1ccc(-c2ccc(Cl)c(Cl)c2)o1. The Kier molecular flexibility index (Phi) is 6.86. The van der Waals surface area contributed by atoms with Gasteiger partial charge < -0.3 is 9.15 Å². The van der Waals surface area contributed by atoms with Crippen molar-refractivity contribution in [3.63, 3.8) is 0 Å². The lowest BCUT2D eigenvalue weighted by Crippen LogP contribution is -2.24. The second-order valence-corrected chi connectivity index (χ2v) is 7.15. The van der Waals surface area contributed by atoms with E-state index in [1.165, 1.54) is 12.3 Å². The molecule has 0 saturated heterocycles. The maximum absolute atomic E-state index is 11.8. The normalized spacial score (nSPS) is 11.0. The van der Waals surface area contributed by atoms with E-state index in [1.807, 2.05) is 0 Å². The number of hydrogen-bond acceptors (Lipinski definition) is 4. The molecule has 3 rings (SSSR count). The van der Waals surface area contributed by atoms with Gasteiger partial charge in [-0.15, -0.1) is 0 Å². The quantitative estimate of drug-likeness (QED) is 0.359. The molecule has 3 aromatic rings. The van der Waals surface area contributed by atoms with Crippen molar-refractivity contribution in [2.75, 3.05) is 6.61 Å². The van der Waals surface area contributed by atoms with E-state index in [-0.39, 0.29) is 6.61 Å². The van der Waals surface area contributed by atoms with Gasteiger partial charge in [0.15, 0.2) is 6.61 Å². The van der Waals surface area contributed by atoms with E-state index < -0.39 is 5.91 Å². The number of amides is 1. The first kappa shape index (κ1) is 20.6. The summed E-state index contributed by atoms with van der Waals surface area (Å²) in [6.45, 7) is -0.274. The topological polar surface area (TPSA) is 63.8 Å². The highest BCUT2D eigenvalue weighted by molar-refractivity contribution is 6.42. The molecule has 0 aliphatic heterocycles. The Morgan fingerprint density at radius 3 is 2.57 bits per heavy atom. The monoisotopic (exact) mass is 456 g/mol. The first-order chi connectivity index (χ1) is 13.4. The maximum Gasteiger partial charge on any atom is 0.277 e. The minimum atomic E-state index is -0.469. The molecular formula is C19H12Cl4N2O3. The second-order valence-electron chi connectivity index (χ2n) is 5.49. The van der Waals surface area contributed by atoms with E-state index in [0.29, 0.717) is 37.4 Å². The van der Waals surface area contributed by atoms with E-state index in [9.17, 15) is 4.79 Å². The van der Waals surface area contributed by atoms with Gasteiger partial charge in [-0.3, -0.25) is 4.79 Å². The first-order valence-electron chi connectivity index (χ1n) is 7.87. The molecule has 0 unspecified atom stereocenters. The van der Waals surface area contributed by atoms with Crippen LogP contribution in [0.1, 0.15) is 5.76 Å². The zero-order valence-electron chi connectivity index (χ0n) is 14.1. The Bertz CT molecular complexity index is 1030. The number of hydrazone groups is 1. The van der Waals surface area contributed by atoms with Crippen LogP contribution >= 0.6 is 46.4 Å². The van der Waals surface area contributed by atoms with Gasteiger partial charge in [-0.25, -0.2) is 5.43 Å². The Morgan fingerprint density at radius 2 is 1.79 bits per heavy atom. The van der Waals surface area contributed by atoms with Crippen molar-refractivity contribution in [3.05, 3.63) is 74.4 Å². The molecule has 5 nitrogen and oxygen atoms in total. The molecule has 0 atom stereocenters. The summed E-state index contributed by atoms with van der Waals surface area (Å²) in [5.41, 5.74) is 3.10. The number of carbonyl (C=O) groups excluding carboxylic acids is 1. The van der Waals surface area contributed by atoms with Gasteiger partial charge in [-0.1, -0.05) is 46.4 Å². The zero-order chi connectivity index (χ0) is 20.1. The molecule has 1 heterocycles. The summed E-state index contributed by atoms with van der Waals surface area (Å²) in [5.74, 6) is 0.875. The van der Waals surface area contributed by atoms with Gasteiger partial charge in [0, 0.05) is 16.7 Å². The molecule has 2 aromatic carbocycles. The molecule has 1 amide bonds. The largest absolute Gasteiger partial charge is 0.482 e. The predicted molar refractivity (Wildman–Crippen MR) is 112 cm³/mol. The standard InChI is InChI=1S/C19H12Cl4N2O3/c20-12-2-5-15(22)18(8-12)27-10-19(26)25-24-9-13-3-6-17(28-13)11-1-4-14(21)16(23)7-11/h1-9H,10H2,(H,25,26). The number of nitrogens with one attached hydrogen (secondary N) is 1. The van der Waals surface area contributed by atoms with Crippen molar-refractivity contribution in [3.8, 4) is 17.1 Å². The van der Waals surface area contributed by atoms with E-state index in [1.54, 1.807) is 42.5 Å². The van der Waals surface area contributed by atoms with Gasteiger partial charge in [0.25, 0.3) is 5.91 Å². The van der Waals surface area contributed by atoms with Gasteiger partial charge in [0.05, 0.1) is 21.3 Å². The van der Waals surface area contributed by atoms with Crippen LogP contribution in [0.15, 0.2) is 58.0 Å². The van der Waals surface area contributed by atoms with E-state index in [4.69, 9.17) is 55.6 Å². The number of rotatable bonds is 6. The van der Waals surface area contributed by atoms with Crippen molar-refractivity contribution < 1.29 is 13.9 Å². The lowest BCUT2D eigenvalue weighted by Gasteiger charge is -2.07. The van der Waals surface area contributed by atoms with Crippen LogP contribution in [0, 0.1) is 0 Å². The smallest absolute Gasteiger partial charge is 0.277 e. The van der Waals surface area contributed by atoms with Crippen molar-refractivity contribution in [1.29, 1.82) is 0 Å². The highest BCUT2D eigenvalue weighted by Crippen LogP contribution is 2.29. The Hall–Kier alpha value is -2.18. The Balaban J connectivity index is 1.54. The average Bonchev–Trinajstić information content (AvgIpc) is 3.13. The Labute approximate surface area is 180 Å². The third kappa shape index (κ3) is 5.42. The van der Waals surface area contributed by atoms with Crippen molar-refractivity contribution in [2.45, 2.75) is 0 Å². The van der Waals surface area contributed by atoms with Crippen LogP contribution in [0.2, 0.25) is 20.1 Å². The molecular weight excluding hydrogens is 446 g/mol. The van der Waals surface area contributed by atoms with Gasteiger partial charge in [-0.2, -0.15) is 5.10 Å². The van der Waals surface area contributed by atoms with Crippen molar-refractivity contribution >= 4 is 58.5 Å². The molecule has 0 radical (unpaired) electrons. The molecule has 0 fully saturated rings. The second kappa shape index (κ2) is 9.34. The lowest BCUT2D eigenvalue weighted by molar-refractivity contribution is -0.123. The fraction of sp³-hybridized carbons (Fsp3) is 0.0526. The summed E-state index contributed by atoms with van der Waals surface area (Å²) in [7, 11) is 0. The van der Waals surface area contributed by atoms with Crippen LogP contribution in [-0.4, -0.2) is 18.7 Å². The van der Waals surface area contributed by atoms with Crippen molar-refractivity contribution in [1.82, 2.24) is 5.43 Å². The predicted octanol–water partition coefficient (Wildman–Crippen LogP) is 6.09. The average molecular weight is 458 g/mol. The van der Waals surface area contributed by atoms with Crippen LogP contribution < -0.4 is 10.2 Å². The first-order valence-corrected chi connectivity index (χ1v) is 9.38. The number of furan rings is 1. The molecule has 144 valence electrons. The van der Waals surface area contributed by atoms with Crippen molar-refractivity contribution in [2.24, 2.45) is 5.10 Å².